The number of ketones is 1. The van der Waals surface area contributed by atoms with Gasteiger partial charge in [-0.1, -0.05) is 17.7 Å². The lowest BCUT2D eigenvalue weighted by Gasteiger charge is -2.01. The summed E-state index contributed by atoms with van der Waals surface area (Å²) in [5.74, 6) is 0.467. The van der Waals surface area contributed by atoms with Gasteiger partial charge in [-0.2, -0.15) is 0 Å². The number of pyridine rings is 1. The maximum atomic E-state index is 11.8. The topological polar surface area (TPSA) is 30.0 Å². The van der Waals surface area contributed by atoms with E-state index in [1.165, 1.54) is 11.8 Å². The van der Waals surface area contributed by atoms with Crippen LogP contribution in [0.4, 0.5) is 0 Å². The van der Waals surface area contributed by atoms with Gasteiger partial charge in [-0.25, -0.2) is 0 Å². The highest BCUT2D eigenvalue weighted by Crippen LogP contribution is 2.22. The Labute approximate surface area is 109 Å². The number of carbonyl (C=O) groups excluding carboxylic acids is 1. The van der Waals surface area contributed by atoms with Gasteiger partial charge in [0, 0.05) is 27.9 Å². The highest BCUT2D eigenvalue weighted by atomic mass is 35.5. The Morgan fingerprint density at radius 2 is 2.18 bits per heavy atom. The molecule has 0 radical (unpaired) electrons. The van der Waals surface area contributed by atoms with Crippen LogP contribution in [0.3, 0.4) is 0 Å². The molecule has 0 aliphatic heterocycles. The number of aromatic nitrogens is 1. The largest absolute Gasteiger partial charge is 0.293 e. The van der Waals surface area contributed by atoms with Gasteiger partial charge < -0.3 is 0 Å². The maximum Gasteiger partial charge on any atom is 0.174 e. The monoisotopic (exact) mass is 263 g/mol. The normalized spacial score (nSPS) is 10.2. The molecule has 0 bridgehead atoms. The summed E-state index contributed by atoms with van der Waals surface area (Å²) in [7, 11) is 0. The third-order valence-electron chi connectivity index (χ3n) is 2.15. The molecule has 86 valence electrons. The van der Waals surface area contributed by atoms with E-state index in [1.807, 2.05) is 24.3 Å². The molecule has 0 saturated heterocycles. The lowest BCUT2D eigenvalue weighted by molar-refractivity contribution is 0.102. The molecule has 0 unspecified atom stereocenters. The zero-order valence-electron chi connectivity index (χ0n) is 8.97. The molecular formula is C13H10ClNOS. The molecule has 0 aliphatic carbocycles. The number of hydrogen-bond donors (Lipinski definition) is 0. The van der Waals surface area contributed by atoms with Crippen LogP contribution in [0.25, 0.3) is 0 Å². The van der Waals surface area contributed by atoms with Crippen LogP contribution in [0, 0.1) is 0 Å². The fraction of sp³-hybridized carbons (Fsp3) is 0.0769. The Hall–Kier alpha value is -1.32. The van der Waals surface area contributed by atoms with Gasteiger partial charge in [-0.15, -0.1) is 11.8 Å². The van der Waals surface area contributed by atoms with E-state index in [1.54, 1.807) is 24.5 Å². The standard InChI is InChI=1S/C13H10ClNOS/c14-11-4-1-5-12(7-11)17-9-13(16)10-3-2-6-15-8-10/h1-8H,9H2. The van der Waals surface area contributed by atoms with Gasteiger partial charge >= 0.3 is 0 Å². The Morgan fingerprint density at radius 3 is 2.88 bits per heavy atom. The number of hydrogen-bond acceptors (Lipinski definition) is 3. The lowest BCUT2D eigenvalue weighted by atomic mass is 10.2. The first-order chi connectivity index (χ1) is 8.25. The molecule has 2 nitrogen and oxygen atoms in total. The second-order valence-electron chi connectivity index (χ2n) is 3.41. The third-order valence-corrected chi connectivity index (χ3v) is 3.38. The fourth-order valence-electron chi connectivity index (χ4n) is 1.32. The summed E-state index contributed by atoms with van der Waals surface area (Å²) in [6.45, 7) is 0. The van der Waals surface area contributed by atoms with Crippen molar-refractivity contribution in [2.75, 3.05) is 5.75 Å². The summed E-state index contributed by atoms with van der Waals surface area (Å²) in [6, 6.07) is 11.0. The summed E-state index contributed by atoms with van der Waals surface area (Å²) in [5.41, 5.74) is 0.641. The molecule has 1 aromatic heterocycles. The van der Waals surface area contributed by atoms with Gasteiger partial charge in [0.05, 0.1) is 5.75 Å². The fourth-order valence-corrected chi connectivity index (χ4v) is 2.42. The van der Waals surface area contributed by atoms with Gasteiger partial charge in [-0.3, -0.25) is 9.78 Å². The molecule has 0 aliphatic rings. The first-order valence-corrected chi connectivity index (χ1v) is 6.43. The van der Waals surface area contributed by atoms with E-state index >= 15 is 0 Å². The lowest BCUT2D eigenvalue weighted by Crippen LogP contribution is -2.02. The predicted molar refractivity (Wildman–Crippen MR) is 70.7 cm³/mol. The Balaban J connectivity index is 1.97. The molecule has 1 heterocycles. The van der Waals surface area contributed by atoms with E-state index in [0.717, 1.165) is 4.90 Å². The molecule has 0 N–H and O–H groups in total. The van der Waals surface area contributed by atoms with Gasteiger partial charge in [0.1, 0.15) is 0 Å². The molecule has 2 aromatic rings. The number of carbonyl (C=O) groups is 1. The van der Waals surface area contributed by atoms with Crippen molar-refractivity contribution >= 4 is 29.1 Å². The van der Waals surface area contributed by atoms with Crippen LogP contribution in [0.5, 0.6) is 0 Å². The van der Waals surface area contributed by atoms with Gasteiger partial charge in [-0.05, 0) is 30.3 Å². The molecule has 0 spiro atoms. The molecule has 2 rings (SSSR count). The van der Waals surface area contributed by atoms with Crippen molar-refractivity contribution < 1.29 is 4.79 Å². The number of nitrogens with zero attached hydrogens (tertiary/aromatic N) is 1. The van der Waals surface area contributed by atoms with Crippen molar-refractivity contribution in [2.24, 2.45) is 0 Å². The molecule has 0 amide bonds. The van der Waals surface area contributed by atoms with Gasteiger partial charge in [0.15, 0.2) is 5.78 Å². The van der Waals surface area contributed by atoms with E-state index in [9.17, 15) is 4.79 Å². The summed E-state index contributed by atoms with van der Waals surface area (Å²) < 4.78 is 0. The Kier molecular flexibility index (Phi) is 4.18. The molecule has 0 fully saturated rings. The highest BCUT2D eigenvalue weighted by molar-refractivity contribution is 8.00. The number of thioether (sulfide) groups is 1. The molecule has 4 heteroatoms. The Morgan fingerprint density at radius 1 is 1.29 bits per heavy atom. The van der Waals surface area contributed by atoms with E-state index < -0.39 is 0 Å². The average molecular weight is 264 g/mol. The van der Waals surface area contributed by atoms with E-state index in [0.29, 0.717) is 16.3 Å². The first-order valence-electron chi connectivity index (χ1n) is 5.07. The predicted octanol–water partition coefficient (Wildman–Crippen LogP) is 3.71. The zero-order valence-corrected chi connectivity index (χ0v) is 10.5. The van der Waals surface area contributed by atoms with Crippen LogP contribution in [0.15, 0.2) is 53.7 Å². The summed E-state index contributed by atoms with van der Waals surface area (Å²) in [4.78, 5) is 16.7. The van der Waals surface area contributed by atoms with Crippen molar-refractivity contribution in [3.8, 4) is 0 Å². The molecular weight excluding hydrogens is 254 g/mol. The highest BCUT2D eigenvalue weighted by Gasteiger charge is 2.06. The van der Waals surface area contributed by atoms with E-state index in [4.69, 9.17) is 11.6 Å². The van der Waals surface area contributed by atoms with Crippen LogP contribution >= 0.6 is 23.4 Å². The number of benzene rings is 1. The van der Waals surface area contributed by atoms with Crippen molar-refractivity contribution in [1.29, 1.82) is 0 Å². The minimum Gasteiger partial charge on any atom is -0.293 e. The van der Waals surface area contributed by atoms with Crippen molar-refractivity contribution in [2.45, 2.75) is 4.90 Å². The number of rotatable bonds is 4. The number of halogens is 1. The summed E-state index contributed by atoms with van der Waals surface area (Å²) >= 11 is 7.34. The van der Waals surface area contributed by atoms with Crippen LogP contribution in [-0.4, -0.2) is 16.5 Å². The molecule has 0 atom stereocenters. The van der Waals surface area contributed by atoms with Crippen LogP contribution in [-0.2, 0) is 0 Å². The van der Waals surface area contributed by atoms with Crippen LogP contribution in [0.2, 0.25) is 5.02 Å². The molecule has 17 heavy (non-hydrogen) atoms. The zero-order chi connectivity index (χ0) is 12.1. The van der Waals surface area contributed by atoms with Crippen LogP contribution < -0.4 is 0 Å². The maximum absolute atomic E-state index is 11.8. The SMILES string of the molecule is O=C(CSc1cccc(Cl)c1)c1cccnc1. The Bertz CT molecular complexity index is 516. The van der Waals surface area contributed by atoms with Crippen molar-refractivity contribution in [3.05, 3.63) is 59.4 Å². The second kappa shape index (κ2) is 5.84. The van der Waals surface area contributed by atoms with Gasteiger partial charge in [0.2, 0.25) is 0 Å². The van der Waals surface area contributed by atoms with E-state index in [-0.39, 0.29) is 5.78 Å². The van der Waals surface area contributed by atoms with Crippen molar-refractivity contribution in [1.82, 2.24) is 4.98 Å². The first kappa shape index (κ1) is 12.1. The quantitative estimate of drug-likeness (QED) is 0.622. The van der Waals surface area contributed by atoms with E-state index in [2.05, 4.69) is 4.98 Å². The summed E-state index contributed by atoms with van der Waals surface area (Å²) in [5, 5.41) is 0.684. The average Bonchev–Trinajstić information content (AvgIpc) is 2.37. The molecule has 1 aromatic carbocycles. The second-order valence-corrected chi connectivity index (χ2v) is 4.90. The summed E-state index contributed by atoms with van der Waals surface area (Å²) in [6.07, 6.45) is 3.24. The molecule has 0 saturated carbocycles. The third kappa shape index (κ3) is 3.58. The van der Waals surface area contributed by atoms with Crippen molar-refractivity contribution in [3.63, 3.8) is 0 Å². The number of Topliss-reactive ketones (excluding diaryl/α,β-unsaturated/α-hetero) is 1. The van der Waals surface area contributed by atoms with Crippen LogP contribution in [0.1, 0.15) is 10.4 Å². The minimum absolute atomic E-state index is 0.0723. The minimum atomic E-state index is 0.0723. The smallest absolute Gasteiger partial charge is 0.174 e. The van der Waals surface area contributed by atoms with Gasteiger partial charge in [0.25, 0.3) is 0 Å².